The summed E-state index contributed by atoms with van der Waals surface area (Å²) in [5, 5.41) is 24.3. The highest BCUT2D eigenvalue weighted by atomic mass is 19.1. The lowest BCUT2D eigenvalue weighted by Gasteiger charge is -2.31. The van der Waals surface area contributed by atoms with Gasteiger partial charge in [0, 0.05) is 25.2 Å². The first-order chi connectivity index (χ1) is 21.0. The van der Waals surface area contributed by atoms with E-state index in [4.69, 9.17) is 10.5 Å². The van der Waals surface area contributed by atoms with E-state index in [1.54, 1.807) is 47.7 Å². The molecular formula is C31H31FN8O4. The first-order valence-electron chi connectivity index (χ1n) is 13.9. The van der Waals surface area contributed by atoms with Crippen molar-refractivity contribution in [3.05, 3.63) is 72.3 Å². The average molecular weight is 599 g/mol. The number of nitrogens with zero attached hydrogens (tertiary/aromatic N) is 7. The van der Waals surface area contributed by atoms with Gasteiger partial charge in [-0.2, -0.15) is 10.4 Å². The first-order valence-corrected chi connectivity index (χ1v) is 13.9. The van der Waals surface area contributed by atoms with Crippen molar-refractivity contribution < 1.29 is 23.8 Å². The Hall–Kier alpha value is -5.51. The minimum absolute atomic E-state index is 0.124. The third kappa shape index (κ3) is 5.87. The van der Waals surface area contributed by atoms with E-state index >= 15 is 4.39 Å². The Balaban J connectivity index is 1.45. The monoisotopic (exact) mass is 598 g/mol. The summed E-state index contributed by atoms with van der Waals surface area (Å²) in [6.45, 7) is 3.81. The summed E-state index contributed by atoms with van der Waals surface area (Å²) in [6, 6.07) is 15.0. The van der Waals surface area contributed by atoms with Gasteiger partial charge in [-0.1, -0.05) is 18.2 Å². The molecule has 13 heteroatoms. The SMILES string of the molecule is CN(C(=O)O)C(C)(C)C=C(C#N)C(=O)N1CCC[C@H]1Cn1nc(-c2ccc(Oc3ccccc3)cc2F)c2c(N)ncnc21. The zero-order valence-electron chi connectivity index (χ0n) is 24.4. The number of aromatic nitrogens is 4. The molecule has 1 aliphatic rings. The quantitative estimate of drug-likeness (QED) is 0.213. The third-order valence-corrected chi connectivity index (χ3v) is 7.75. The van der Waals surface area contributed by atoms with Crippen LogP contribution in [0.1, 0.15) is 26.7 Å². The molecule has 0 saturated carbocycles. The molecule has 2 amide bonds. The van der Waals surface area contributed by atoms with Crippen molar-refractivity contribution in [2.45, 2.75) is 44.8 Å². The largest absolute Gasteiger partial charge is 0.465 e. The number of nitrogens with two attached hydrogens (primary N) is 1. The number of hydrogen-bond acceptors (Lipinski definition) is 8. The fourth-order valence-corrected chi connectivity index (χ4v) is 5.21. The minimum Gasteiger partial charge on any atom is -0.465 e. The molecule has 5 rings (SSSR count). The Bertz CT molecular complexity index is 1800. The zero-order chi connectivity index (χ0) is 31.6. The summed E-state index contributed by atoms with van der Waals surface area (Å²) >= 11 is 0. The highest BCUT2D eigenvalue weighted by Crippen LogP contribution is 2.35. The van der Waals surface area contributed by atoms with Crippen molar-refractivity contribution in [1.82, 2.24) is 29.5 Å². The normalized spacial score (nSPS) is 15.3. The number of likely N-dealkylation sites (N-methyl/N-ethyl adjacent to an activating group) is 1. The summed E-state index contributed by atoms with van der Waals surface area (Å²) in [7, 11) is 1.37. The Labute approximate surface area is 252 Å². The van der Waals surface area contributed by atoms with Gasteiger partial charge >= 0.3 is 6.09 Å². The second-order valence-corrected chi connectivity index (χ2v) is 11.0. The number of carbonyl (C=O) groups is 2. The van der Waals surface area contributed by atoms with E-state index in [9.17, 15) is 20.0 Å². The van der Waals surface area contributed by atoms with E-state index < -0.39 is 23.4 Å². The van der Waals surface area contributed by atoms with Gasteiger partial charge in [0.15, 0.2) is 5.65 Å². The molecule has 1 saturated heterocycles. The van der Waals surface area contributed by atoms with Crippen molar-refractivity contribution in [2.24, 2.45) is 0 Å². The van der Waals surface area contributed by atoms with E-state index in [1.807, 2.05) is 24.3 Å². The summed E-state index contributed by atoms with van der Waals surface area (Å²) in [6.07, 6.45) is 2.78. The molecule has 1 fully saturated rings. The fourth-order valence-electron chi connectivity index (χ4n) is 5.21. The van der Waals surface area contributed by atoms with Crippen LogP contribution in [0.2, 0.25) is 0 Å². The van der Waals surface area contributed by atoms with Crippen LogP contribution in [0.5, 0.6) is 11.5 Å². The van der Waals surface area contributed by atoms with Crippen LogP contribution in [-0.2, 0) is 11.3 Å². The van der Waals surface area contributed by atoms with Gasteiger partial charge in [0.2, 0.25) is 0 Å². The number of benzene rings is 2. The van der Waals surface area contributed by atoms with Gasteiger partial charge in [0.05, 0.1) is 23.5 Å². The number of para-hydroxylation sites is 1. The second-order valence-electron chi connectivity index (χ2n) is 11.0. The fraction of sp³-hybridized carbons (Fsp3) is 0.290. The van der Waals surface area contributed by atoms with Gasteiger partial charge < -0.3 is 25.4 Å². The molecule has 2 aromatic heterocycles. The Morgan fingerprint density at radius 1 is 1.23 bits per heavy atom. The highest BCUT2D eigenvalue weighted by molar-refractivity contribution is 5.99. The second kappa shape index (κ2) is 12.0. The molecule has 0 spiro atoms. The molecule has 1 atom stereocenters. The zero-order valence-corrected chi connectivity index (χ0v) is 24.4. The molecule has 0 unspecified atom stereocenters. The van der Waals surface area contributed by atoms with Gasteiger partial charge in [-0.25, -0.2) is 23.8 Å². The number of anilines is 1. The number of halogens is 1. The van der Waals surface area contributed by atoms with Crippen LogP contribution < -0.4 is 10.5 Å². The molecular weight excluding hydrogens is 567 g/mol. The molecule has 1 aliphatic heterocycles. The maximum absolute atomic E-state index is 15.5. The number of rotatable bonds is 8. The number of likely N-dealkylation sites (tertiary alicyclic amines) is 1. The van der Waals surface area contributed by atoms with Crippen LogP contribution >= 0.6 is 0 Å². The molecule has 226 valence electrons. The van der Waals surface area contributed by atoms with Crippen LogP contribution in [0, 0.1) is 17.1 Å². The van der Waals surface area contributed by atoms with Crippen LogP contribution in [0.15, 0.2) is 66.5 Å². The molecule has 0 radical (unpaired) electrons. The van der Waals surface area contributed by atoms with Crippen molar-refractivity contribution in [1.29, 1.82) is 5.26 Å². The van der Waals surface area contributed by atoms with E-state index in [0.29, 0.717) is 41.9 Å². The molecule has 44 heavy (non-hydrogen) atoms. The summed E-state index contributed by atoms with van der Waals surface area (Å²) in [4.78, 5) is 36.1. The lowest BCUT2D eigenvalue weighted by Crippen LogP contribution is -2.44. The van der Waals surface area contributed by atoms with Gasteiger partial charge in [0.1, 0.15) is 46.8 Å². The number of nitrogen functional groups attached to an aromatic ring is 1. The van der Waals surface area contributed by atoms with Crippen LogP contribution in [0.25, 0.3) is 22.3 Å². The average Bonchev–Trinajstić information content (AvgIpc) is 3.61. The number of nitriles is 1. The predicted octanol–water partition coefficient (Wildman–Crippen LogP) is 4.84. The molecule has 2 aromatic carbocycles. The number of ether oxygens (including phenoxy) is 1. The smallest absolute Gasteiger partial charge is 0.407 e. The summed E-state index contributed by atoms with van der Waals surface area (Å²) in [5.74, 6) is -0.0883. The number of carbonyl (C=O) groups excluding carboxylic acids is 1. The van der Waals surface area contributed by atoms with E-state index in [1.165, 1.54) is 25.5 Å². The topological polar surface area (TPSA) is 163 Å². The van der Waals surface area contributed by atoms with Crippen molar-refractivity contribution in [3.8, 4) is 28.8 Å². The molecule has 3 N–H and O–H groups in total. The lowest BCUT2D eigenvalue weighted by molar-refractivity contribution is -0.127. The van der Waals surface area contributed by atoms with E-state index in [0.717, 1.165) is 4.90 Å². The summed E-state index contributed by atoms with van der Waals surface area (Å²) < 4.78 is 22.8. The number of carboxylic acid groups (broad SMARTS) is 1. The summed E-state index contributed by atoms with van der Waals surface area (Å²) in [5.41, 5.74) is 5.76. The van der Waals surface area contributed by atoms with Crippen molar-refractivity contribution >= 4 is 28.9 Å². The number of amides is 2. The van der Waals surface area contributed by atoms with Crippen molar-refractivity contribution in [2.75, 3.05) is 19.3 Å². The third-order valence-electron chi connectivity index (χ3n) is 7.75. The Kier molecular flexibility index (Phi) is 8.17. The van der Waals surface area contributed by atoms with Crippen LogP contribution in [-0.4, -0.2) is 71.8 Å². The molecule has 0 bridgehead atoms. The molecule has 4 aromatic rings. The Morgan fingerprint density at radius 2 is 1.98 bits per heavy atom. The van der Waals surface area contributed by atoms with Crippen LogP contribution in [0.3, 0.4) is 0 Å². The molecule has 3 heterocycles. The lowest BCUT2D eigenvalue weighted by atomic mass is 9.99. The van der Waals surface area contributed by atoms with Gasteiger partial charge in [-0.15, -0.1) is 0 Å². The highest BCUT2D eigenvalue weighted by Gasteiger charge is 2.34. The van der Waals surface area contributed by atoms with Gasteiger partial charge in [-0.3, -0.25) is 4.79 Å². The number of fused-ring (bicyclic) bond motifs is 1. The van der Waals surface area contributed by atoms with Gasteiger partial charge in [-0.05, 0) is 57.0 Å². The van der Waals surface area contributed by atoms with E-state index in [-0.39, 0.29) is 35.2 Å². The number of hydrogen-bond donors (Lipinski definition) is 2. The predicted molar refractivity (Wildman–Crippen MR) is 160 cm³/mol. The maximum atomic E-state index is 15.5. The van der Waals surface area contributed by atoms with Crippen LogP contribution in [0.4, 0.5) is 15.0 Å². The van der Waals surface area contributed by atoms with Gasteiger partial charge in [0.25, 0.3) is 5.91 Å². The standard InChI is InChI=1S/C31H31FN8O4/c1-31(2,38(3)30(42)43)15-19(16-33)29(41)39-13-7-8-20(39)17-40-28-25(27(34)35-18-36-28)26(37-40)23-12-11-22(14-24(23)32)44-21-9-5-4-6-10-21/h4-6,9-12,14-15,18,20H,7-8,13,17H2,1-3H3,(H,42,43)(H2,34,35,36)/t20-/m0/s1. The Morgan fingerprint density at radius 3 is 2.66 bits per heavy atom. The van der Waals surface area contributed by atoms with Crippen molar-refractivity contribution in [3.63, 3.8) is 0 Å². The van der Waals surface area contributed by atoms with E-state index in [2.05, 4.69) is 15.1 Å². The minimum atomic E-state index is -1.19. The maximum Gasteiger partial charge on any atom is 0.407 e. The molecule has 0 aliphatic carbocycles. The first kappa shape index (κ1) is 30.0. The molecule has 12 nitrogen and oxygen atoms in total.